The van der Waals surface area contributed by atoms with Crippen LogP contribution >= 0.6 is 0 Å². The summed E-state index contributed by atoms with van der Waals surface area (Å²) in [6, 6.07) is 3.60. The molecule has 3 rings (SSSR count). The predicted molar refractivity (Wildman–Crippen MR) is 85.1 cm³/mol. The molecule has 3 N–H and O–H groups in total. The van der Waals surface area contributed by atoms with E-state index in [0.717, 1.165) is 17.9 Å². The SMILES string of the molecule is Cc1cc(Nc2ncccn2)nc(C2CCN(C(=O)CN)C2)n1. The number of nitrogens with two attached hydrogens (primary N) is 1. The highest BCUT2D eigenvalue weighted by Gasteiger charge is 2.28. The first-order valence-electron chi connectivity index (χ1n) is 7.53. The maximum absolute atomic E-state index is 11.7. The van der Waals surface area contributed by atoms with Crippen LogP contribution in [0.3, 0.4) is 0 Å². The number of carbonyl (C=O) groups is 1. The number of nitrogens with zero attached hydrogens (tertiary/aromatic N) is 5. The summed E-state index contributed by atoms with van der Waals surface area (Å²) >= 11 is 0. The second-order valence-electron chi connectivity index (χ2n) is 5.48. The number of hydrogen-bond acceptors (Lipinski definition) is 7. The maximum Gasteiger partial charge on any atom is 0.236 e. The Morgan fingerprint density at radius 1 is 1.39 bits per heavy atom. The van der Waals surface area contributed by atoms with E-state index < -0.39 is 0 Å². The van der Waals surface area contributed by atoms with Crippen molar-refractivity contribution < 1.29 is 4.79 Å². The molecule has 1 aliphatic rings. The molecule has 8 heteroatoms. The second-order valence-corrected chi connectivity index (χ2v) is 5.48. The first kappa shape index (κ1) is 15.3. The molecule has 120 valence electrons. The third kappa shape index (κ3) is 3.59. The lowest BCUT2D eigenvalue weighted by Gasteiger charge is -2.15. The van der Waals surface area contributed by atoms with Crippen LogP contribution in [-0.4, -0.2) is 50.4 Å². The van der Waals surface area contributed by atoms with Crippen LogP contribution in [0, 0.1) is 6.92 Å². The molecule has 2 aromatic rings. The van der Waals surface area contributed by atoms with E-state index in [1.807, 2.05) is 13.0 Å². The average Bonchev–Trinajstić information content (AvgIpc) is 3.04. The van der Waals surface area contributed by atoms with Gasteiger partial charge >= 0.3 is 0 Å². The van der Waals surface area contributed by atoms with Crippen molar-refractivity contribution in [2.24, 2.45) is 5.73 Å². The van der Waals surface area contributed by atoms with E-state index in [-0.39, 0.29) is 18.4 Å². The summed E-state index contributed by atoms with van der Waals surface area (Å²) < 4.78 is 0. The molecule has 1 unspecified atom stereocenters. The lowest BCUT2D eigenvalue weighted by Crippen LogP contribution is -2.34. The standard InChI is InChI=1S/C15H19N7O/c1-10-7-12(21-15-17-4-2-5-18-15)20-14(19-10)11-3-6-22(9-11)13(23)8-16/h2,4-5,7,11H,3,6,8-9,16H2,1H3,(H,17,18,19,20,21). The quantitative estimate of drug-likeness (QED) is 0.850. The minimum absolute atomic E-state index is 0.0313. The largest absolute Gasteiger partial charge is 0.341 e. The fourth-order valence-electron chi connectivity index (χ4n) is 2.64. The fourth-order valence-corrected chi connectivity index (χ4v) is 2.64. The van der Waals surface area contributed by atoms with E-state index in [4.69, 9.17) is 5.73 Å². The van der Waals surface area contributed by atoms with Crippen LogP contribution < -0.4 is 11.1 Å². The second kappa shape index (κ2) is 6.66. The Kier molecular flexibility index (Phi) is 4.42. The van der Waals surface area contributed by atoms with Crippen LogP contribution in [0.4, 0.5) is 11.8 Å². The van der Waals surface area contributed by atoms with Gasteiger partial charge in [-0.1, -0.05) is 0 Å². The lowest BCUT2D eigenvalue weighted by atomic mass is 10.1. The van der Waals surface area contributed by atoms with Crippen LogP contribution in [0.2, 0.25) is 0 Å². The molecule has 0 saturated carbocycles. The van der Waals surface area contributed by atoms with Gasteiger partial charge in [0, 0.05) is 43.2 Å². The topological polar surface area (TPSA) is 110 Å². The molecular formula is C15H19N7O. The highest BCUT2D eigenvalue weighted by atomic mass is 16.2. The third-order valence-electron chi connectivity index (χ3n) is 3.76. The van der Waals surface area contributed by atoms with Crippen molar-refractivity contribution >= 4 is 17.7 Å². The summed E-state index contributed by atoms with van der Waals surface area (Å²) in [5.41, 5.74) is 6.28. The number of aryl methyl sites for hydroxylation is 1. The number of anilines is 2. The first-order chi connectivity index (χ1) is 11.2. The summed E-state index contributed by atoms with van der Waals surface area (Å²) in [5, 5.41) is 3.08. The highest BCUT2D eigenvalue weighted by molar-refractivity contribution is 5.78. The van der Waals surface area contributed by atoms with Crippen LogP contribution in [-0.2, 0) is 4.79 Å². The van der Waals surface area contributed by atoms with Crippen LogP contribution in [0.1, 0.15) is 23.9 Å². The Hall–Kier alpha value is -2.61. The number of amides is 1. The summed E-state index contributed by atoms with van der Waals surface area (Å²) in [7, 11) is 0. The highest BCUT2D eigenvalue weighted by Crippen LogP contribution is 2.26. The average molecular weight is 313 g/mol. The molecule has 23 heavy (non-hydrogen) atoms. The summed E-state index contributed by atoms with van der Waals surface area (Å²) in [6.45, 7) is 3.27. The van der Waals surface area contributed by atoms with Crippen LogP contribution in [0.15, 0.2) is 24.5 Å². The van der Waals surface area contributed by atoms with E-state index >= 15 is 0 Å². The van der Waals surface area contributed by atoms with Crippen molar-refractivity contribution in [1.29, 1.82) is 0 Å². The smallest absolute Gasteiger partial charge is 0.236 e. The lowest BCUT2D eigenvalue weighted by molar-refractivity contribution is -0.128. The summed E-state index contributed by atoms with van der Waals surface area (Å²) in [5.74, 6) is 1.97. The molecule has 0 bridgehead atoms. The van der Waals surface area contributed by atoms with Crippen molar-refractivity contribution in [3.05, 3.63) is 36.0 Å². The molecule has 1 aliphatic heterocycles. The number of nitrogens with one attached hydrogen (secondary N) is 1. The third-order valence-corrected chi connectivity index (χ3v) is 3.76. The number of rotatable bonds is 4. The fraction of sp³-hybridized carbons (Fsp3) is 0.400. The molecule has 0 spiro atoms. The first-order valence-corrected chi connectivity index (χ1v) is 7.53. The van der Waals surface area contributed by atoms with Gasteiger partial charge in [-0.2, -0.15) is 0 Å². The molecule has 1 amide bonds. The number of aromatic nitrogens is 4. The van der Waals surface area contributed by atoms with Crippen molar-refractivity contribution in [3.8, 4) is 0 Å². The molecule has 1 atom stereocenters. The Morgan fingerprint density at radius 2 is 2.17 bits per heavy atom. The van der Waals surface area contributed by atoms with Gasteiger partial charge in [-0.25, -0.2) is 19.9 Å². The molecule has 2 aromatic heterocycles. The zero-order chi connectivity index (χ0) is 16.2. The Labute approximate surface area is 134 Å². The minimum Gasteiger partial charge on any atom is -0.341 e. The van der Waals surface area contributed by atoms with E-state index in [1.165, 1.54) is 0 Å². The molecule has 1 fully saturated rings. The van der Waals surface area contributed by atoms with Crippen molar-refractivity contribution in [3.63, 3.8) is 0 Å². The maximum atomic E-state index is 11.7. The molecule has 1 saturated heterocycles. The van der Waals surface area contributed by atoms with Gasteiger partial charge in [-0.3, -0.25) is 4.79 Å². The Balaban J connectivity index is 1.77. The van der Waals surface area contributed by atoms with E-state index in [1.54, 1.807) is 23.4 Å². The van der Waals surface area contributed by atoms with Gasteiger partial charge in [0.2, 0.25) is 11.9 Å². The summed E-state index contributed by atoms with van der Waals surface area (Å²) in [6.07, 6.45) is 4.17. The molecule has 0 aromatic carbocycles. The normalized spacial score (nSPS) is 17.3. The number of carbonyl (C=O) groups excluding carboxylic acids is 1. The Bertz CT molecular complexity index is 691. The molecular weight excluding hydrogens is 294 g/mol. The molecule has 0 aliphatic carbocycles. The van der Waals surface area contributed by atoms with Crippen molar-refractivity contribution in [2.75, 3.05) is 25.0 Å². The molecule has 0 radical (unpaired) electrons. The zero-order valence-corrected chi connectivity index (χ0v) is 12.9. The molecule has 8 nitrogen and oxygen atoms in total. The van der Waals surface area contributed by atoms with Gasteiger partial charge in [0.25, 0.3) is 0 Å². The monoisotopic (exact) mass is 313 g/mol. The number of likely N-dealkylation sites (tertiary alicyclic amines) is 1. The van der Waals surface area contributed by atoms with Crippen molar-refractivity contribution in [2.45, 2.75) is 19.3 Å². The van der Waals surface area contributed by atoms with Gasteiger partial charge in [-0.15, -0.1) is 0 Å². The van der Waals surface area contributed by atoms with E-state index in [2.05, 4.69) is 25.3 Å². The summed E-state index contributed by atoms with van der Waals surface area (Å²) in [4.78, 5) is 30.8. The van der Waals surface area contributed by atoms with Gasteiger partial charge in [0.1, 0.15) is 11.6 Å². The van der Waals surface area contributed by atoms with Gasteiger partial charge < -0.3 is 16.0 Å². The molecule has 3 heterocycles. The zero-order valence-electron chi connectivity index (χ0n) is 12.9. The number of hydrogen-bond donors (Lipinski definition) is 2. The predicted octanol–water partition coefficient (Wildman–Crippen LogP) is 0.593. The van der Waals surface area contributed by atoms with Crippen molar-refractivity contribution in [1.82, 2.24) is 24.8 Å². The Morgan fingerprint density at radius 3 is 2.91 bits per heavy atom. The van der Waals surface area contributed by atoms with Crippen LogP contribution in [0.5, 0.6) is 0 Å². The minimum atomic E-state index is -0.0313. The van der Waals surface area contributed by atoms with E-state index in [9.17, 15) is 4.79 Å². The van der Waals surface area contributed by atoms with Gasteiger partial charge in [-0.05, 0) is 19.4 Å². The van der Waals surface area contributed by atoms with Crippen LogP contribution in [0.25, 0.3) is 0 Å². The van der Waals surface area contributed by atoms with E-state index in [0.29, 0.717) is 24.9 Å². The van der Waals surface area contributed by atoms with Gasteiger partial charge in [0.05, 0.1) is 6.54 Å². The van der Waals surface area contributed by atoms with Gasteiger partial charge in [0.15, 0.2) is 0 Å².